The number of hydrogen-bond donors (Lipinski definition) is 0. The summed E-state index contributed by atoms with van der Waals surface area (Å²) < 4.78 is 0. The molecular weight excluding hydrogens is 355 g/mol. The van der Waals surface area contributed by atoms with Crippen molar-refractivity contribution in [2.75, 3.05) is 0 Å². The molecule has 0 saturated heterocycles. The summed E-state index contributed by atoms with van der Waals surface area (Å²) in [5, 5.41) is 0. The molecular formula is C22H24Zr. The zero-order valence-corrected chi connectivity index (χ0v) is 16.6. The van der Waals surface area contributed by atoms with Crippen LogP contribution in [-0.2, 0) is 26.2 Å². The first-order chi connectivity index (χ1) is 9.84. The van der Waals surface area contributed by atoms with E-state index in [1.807, 2.05) is 0 Å². The van der Waals surface area contributed by atoms with Crippen molar-refractivity contribution >= 4 is 12.2 Å². The molecule has 116 valence electrons. The molecule has 2 aliphatic rings. The van der Waals surface area contributed by atoms with Crippen LogP contribution >= 0.6 is 0 Å². The van der Waals surface area contributed by atoms with Crippen molar-refractivity contribution in [2.45, 2.75) is 18.8 Å². The Morgan fingerprint density at radius 1 is 0.696 bits per heavy atom. The third-order valence-corrected chi connectivity index (χ3v) is 4.81. The summed E-state index contributed by atoms with van der Waals surface area (Å²) in [6.45, 7) is 2.38. The summed E-state index contributed by atoms with van der Waals surface area (Å²) in [7, 11) is 0. The van der Waals surface area contributed by atoms with Crippen molar-refractivity contribution in [3.05, 3.63) is 97.8 Å². The van der Waals surface area contributed by atoms with Crippen molar-refractivity contribution < 1.29 is 26.2 Å². The molecule has 0 bridgehead atoms. The van der Waals surface area contributed by atoms with Gasteiger partial charge >= 0.3 is 26.2 Å². The van der Waals surface area contributed by atoms with E-state index in [0.29, 0.717) is 17.8 Å². The average Bonchev–Trinajstić information content (AvgIpc) is 3.11. The van der Waals surface area contributed by atoms with E-state index in [2.05, 4.69) is 79.8 Å². The van der Waals surface area contributed by atoms with Gasteiger partial charge in [0.2, 0.25) is 0 Å². The van der Waals surface area contributed by atoms with Crippen LogP contribution in [0.25, 0.3) is 12.2 Å². The third kappa shape index (κ3) is 3.36. The van der Waals surface area contributed by atoms with Gasteiger partial charge in [0.15, 0.2) is 0 Å². The molecule has 0 amide bonds. The fourth-order valence-electron chi connectivity index (χ4n) is 3.69. The molecule has 2 aliphatic carbocycles. The van der Waals surface area contributed by atoms with E-state index in [-0.39, 0.29) is 41.1 Å². The summed E-state index contributed by atoms with van der Waals surface area (Å²) >= 11 is 0. The second-order valence-corrected chi connectivity index (χ2v) is 5.89. The summed E-state index contributed by atoms with van der Waals surface area (Å²) in [6.07, 6.45) is 9.32. The number of benzene rings is 2. The molecule has 0 aromatic heterocycles. The van der Waals surface area contributed by atoms with Crippen LogP contribution in [0.5, 0.6) is 0 Å². The molecule has 1 heteroatoms. The topological polar surface area (TPSA) is 0 Å². The molecule has 23 heavy (non-hydrogen) atoms. The minimum absolute atomic E-state index is 0. The molecule has 0 radical (unpaired) electrons. The number of rotatable bonds is 2. The number of hydrogen-bond acceptors (Lipinski definition) is 0. The quantitative estimate of drug-likeness (QED) is 0.550. The molecule has 0 nitrogen and oxygen atoms in total. The van der Waals surface area contributed by atoms with Gasteiger partial charge in [-0.05, 0) is 28.2 Å². The fourth-order valence-corrected chi connectivity index (χ4v) is 3.69. The first kappa shape index (κ1) is 19.8. The second-order valence-electron chi connectivity index (χ2n) is 5.89. The molecule has 2 atom stereocenters. The maximum Gasteiger partial charge on any atom is 2.00 e. The van der Waals surface area contributed by atoms with Crippen molar-refractivity contribution in [1.29, 1.82) is 0 Å². The summed E-state index contributed by atoms with van der Waals surface area (Å²) in [4.78, 5) is 0. The van der Waals surface area contributed by atoms with Crippen LogP contribution in [0.2, 0.25) is 0 Å². The summed E-state index contributed by atoms with van der Waals surface area (Å²) in [5.41, 5.74) is 5.75. The van der Waals surface area contributed by atoms with Gasteiger partial charge in [-0.3, -0.25) is 0 Å². The van der Waals surface area contributed by atoms with E-state index in [4.69, 9.17) is 0 Å². The Hall–Kier alpha value is -1.20. The molecule has 0 saturated carbocycles. The van der Waals surface area contributed by atoms with E-state index < -0.39 is 0 Å². The molecule has 2 unspecified atom stereocenters. The zero-order valence-electron chi connectivity index (χ0n) is 14.2. The van der Waals surface area contributed by atoms with Crippen LogP contribution in [0.15, 0.2) is 60.7 Å². The SMILES string of the molecule is CC(C1C=Cc2ccccc21)C1C=Cc2ccccc21.[CH3-].[CH3-].[Zr+2]. The van der Waals surface area contributed by atoms with Gasteiger partial charge in [-0.2, -0.15) is 0 Å². The first-order valence-electron chi connectivity index (χ1n) is 7.39. The third-order valence-electron chi connectivity index (χ3n) is 4.81. The van der Waals surface area contributed by atoms with Crippen molar-refractivity contribution in [1.82, 2.24) is 0 Å². The van der Waals surface area contributed by atoms with Gasteiger partial charge in [0.1, 0.15) is 0 Å². The van der Waals surface area contributed by atoms with Gasteiger partial charge in [0, 0.05) is 11.8 Å². The number of fused-ring (bicyclic) bond motifs is 2. The largest absolute Gasteiger partial charge is 2.00 e. The molecule has 2 aromatic carbocycles. The van der Waals surface area contributed by atoms with Crippen molar-refractivity contribution in [3.63, 3.8) is 0 Å². The molecule has 0 fully saturated rings. The Balaban J connectivity index is 0.000000882. The molecule has 0 spiro atoms. The molecule has 0 aliphatic heterocycles. The Labute approximate surface area is 160 Å². The van der Waals surface area contributed by atoms with Crippen LogP contribution in [0.1, 0.15) is 41.0 Å². The monoisotopic (exact) mass is 378 g/mol. The van der Waals surface area contributed by atoms with Crippen LogP contribution in [-0.4, -0.2) is 0 Å². The van der Waals surface area contributed by atoms with Gasteiger partial charge < -0.3 is 14.9 Å². The van der Waals surface area contributed by atoms with Crippen molar-refractivity contribution in [2.24, 2.45) is 5.92 Å². The van der Waals surface area contributed by atoms with Gasteiger partial charge in [-0.1, -0.05) is 79.8 Å². The van der Waals surface area contributed by atoms with Crippen LogP contribution < -0.4 is 0 Å². The average molecular weight is 380 g/mol. The van der Waals surface area contributed by atoms with Gasteiger partial charge in [0.05, 0.1) is 0 Å². The minimum Gasteiger partial charge on any atom is -0.358 e. The Kier molecular flexibility index (Phi) is 6.96. The van der Waals surface area contributed by atoms with E-state index in [0.717, 1.165) is 0 Å². The van der Waals surface area contributed by atoms with Gasteiger partial charge in [-0.15, -0.1) is 0 Å². The Bertz CT molecular complexity index is 650. The van der Waals surface area contributed by atoms with Gasteiger partial charge in [-0.25, -0.2) is 0 Å². The smallest absolute Gasteiger partial charge is 0.358 e. The maximum absolute atomic E-state index is 2.38. The van der Waals surface area contributed by atoms with E-state index >= 15 is 0 Å². The van der Waals surface area contributed by atoms with Crippen LogP contribution in [0.4, 0.5) is 0 Å². The van der Waals surface area contributed by atoms with E-state index in [1.54, 1.807) is 0 Å². The normalized spacial score (nSPS) is 20.6. The number of allylic oxidation sites excluding steroid dienone is 2. The molecule has 4 rings (SSSR count). The van der Waals surface area contributed by atoms with Crippen LogP contribution in [0.3, 0.4) is 0 Å². The minimum atomic E-state index is 0. The first-order valence-corrected chi connectivity index (χ1v) is 7.39. The standard InChI is InChI=1S/C20H18.2CH3.Zr/c1-14(17-12-10-15-6-2-4-8-19(15)17)18-13-11-16-7-3-5-9-20(16)18;;;/h2-14,17-18H,1H3;2*1H3;/q;2*-1;+2. The fraction of sp³-hybridized carbons (Fsp3) is 0.182. The summed E-state index contributed by atoms with van der Waals surface area (Å²) in [6, 6.07) is 17.6. The Morgan fingerprint density at radius 2 is 1.09 bits per heavy atom. The predicted octanol–water partition coefficient (Wildman–Crippen LogP) is 6.14. The van der Waals surface area contributed by atoms with Crippen LogP contribution in [0, 0.1) is 20.8 Å². The molecule has 0 N–H and O–H groups in total. The molecule has 0 heterocycles. The molecule has 2 aromatic rings. The van der Waals surface area contributed by atoms with E-state index in [9.17, 15) is 0 Å². The Morgan fingerprint density at radius 3 is 1.52 bits per heavy atom. The van der Waals surface area contributed by atoms with E-state index in [1.165, 1.54) is 22.3 Å². The maximum atomic E-state index is 2.38. The summed E-state index contributed by atoms with van der Waals surface area (Å²) in [5.74, 6) is 1.66. The zero-order chi connectivity index (χ0) is 13.5. The van der Waals surface area contributed by atoms with Crippen molar-refractivity contribution in [3.8, 4) is 0 Å². The predicted molar refractivity (Wildman–Crippen MR) is 98.4 cm³/mol. The second kappa shape index (κ2) is 8.07. The van der Waals surface area contributed by atoms with Gasteiger partial charge in [0.25, 0.3) is 0 Å².